The molecule has 0 bridgehead atoms. The number of hydrogen-bond acceptors (Lipinski definition) is 5. The molecule has 0 aliphatic carbocycles. The average Bonchev–Trinajstić information content (AvgIpc) is 2.58. The molecular weight excluding hydrogens is 358 g/mol. The third-order valence-electron chi connectivity index (χ3n) is 4.44. The van der Waals surface area contributed by atoms with E-state index in [0.29, 0.717) is 10.8 Å². The summed E-state index contributed by atoms with van der Waals surface area (Å²) in [5, 5.41) is 3.42. The van der Waals surface area contributed by atoms with Crippen molar-refractivity contribution in [2.45, 2.75) is 37.2 Å². The number of rotatable bonds is 7. The van der Waals surface area contributed by atoms with Crippen molar-refractivity contribution in [2.24, 2.45) is 0 Å². The molecule has 0 saturated carbocycles. The maximum atomic E-state index is 12.3. The molecule has 0 fully saturated rings. The summed E-state index contributed by atoms with van der Waals surface area (Å²) in [5.74, 6) is -0.702. The van der Waals surface area contributed by atoms with Crippen LogP contribution in [0, 0.1) is 0 Å². The molecule has 0 radical (unpaired) electrons. The minimum absolute atomic E-state index is 0.0156. The van der Waals surface area contributed by atoms with E-state index < -0.39 is 21.6 Å². The smallest absolute Gasteiger partial charge is 0.297 e. The summed E-state index contributed by atoms with van der Waals surface area (Å²) in [6.07, 6.45) is 0.0844. The van der Waals surface area contributed by atoms with E-state index in [-0.39, 0.29) is 29.2 Å². The van der Waals surface area contributed by atoms with Crippen LogP contribution in [-0.4, -0.2) is 37.4 Å². The van der Waals surface area contributed by atoms with E-state index in [4.69, 9.17) is 4.74 Å². The molecule has 0 spiro atoms. The predicted molar refractivity (Wildman–Crippen MR) is 97.7 cm³/mol. The number of benzene rings is 2. The molecule has 0 aliphatic heterocycles. The lowest BCUT2D eigenvalue weighted by atomic mass is 9.95. The van der Waals surface area contributed by atoms with Gasteiger partial charge >= 0.3 is 0 Å². The Bertz CT molecular complexity index is 953. The second-order valence-corrected chi connectivity index (χ2v) is 7.54. The number of ketones is 1. The fourth-order valence-corrected chi connectivity index (χ4v) is 3.47. The number of anilines is 1. The largest absolute Gasteiger partial charge is 0.371 e. The topological polar surface area (TPSA) is 110 Å². The summed E-state index contributed by atoms with van der Waals surface area (Å²) >= 11 is 0. The van der Waals surface area contributed by atoms with Crippen LogP contribution in [0.4, 0.5) is 5.69 Å². The number of amides is 1. The van der Waals surface area contributed by atoms with Crippen LogP contribution < -0.4 is 5.32 Å². The van der Waals surface area contributed by atoms with Crippen LogP contribution in [0.15, 0.2) is 41.3 Å². The summed E-state index contributed by atoms with van der Waals surface area (Å²) in [6.45, 7) is 2.96. The SMILES string of the molecule is COC(C)(CCC(=O)Nc1ccc2ccccc2c1S(=O)(=O)O)C(C)=O. The summed E-state index contributed by atoms with van der Waals surface area (Å²) in [5.41, 5.74) is -1.11. The molecule has 0 saturated heterocycles. The van der Waals surface area contributed by atoms with E-state index in [2.05, 4.69) is 5.32 Å². The van der Waals surface area contributed by atoms with Gasteiger partial charge in [-0.05, 0) is 31.7 Å². The van der Waals surface area contributed by atoms with Crippen LogP contribution >= 0.6 is 0 Å². The van der Waals surface area contributed by atoms with E-state index in [1.165, 1.54) is 20.1 Å². The Morgan fingerprint density at radius 2 is 1.85 bits per heavy atom. The lowest BCUT2D eigenvalue weighted by Gasteiger charge is -2.24. The van der Waals surface area contributed by atoms with Crippen molar-refractivity contribution in [1.82, 2.24) is 0 Å². The number of ether oxygens (including phenoxy) is 1. The molecule has 2 rings (SSSR count). The van der Waals surface area contributed by atoms with Gasteiger partial charge in [-0.25, -0.2) is 0 Å². The molecule has 1 amide bonds. The maximum absolute atomic E-state index is 12.3. The molecule has 1 atom stereocenters. The van der Waals surface area contributed by atoms with Crippen molar-refractivity contribution in [3.8, 4) is 0 Å². The van der Waals surface area contributed by atoms with Gasteiger partial charge in [0, 0.05) is 18.9 Å². The first-order chi connectivity index (χ1) is 12.1. The zero-order valence-electron chi connectivity index (χ0n) is 14.8. The van der Waals surface area contributed by atoms with Gasteiger partial charge in [0.15, 0.2) is 5.78 Å². The molecule has 0 aromatic heterocycles. The summed E-state index contributed by atoms with van der Waals surface area (Å²) in [4.78, 5) is 23.5. The van der Waals surface area contributed by atoms with Gasteiger partial charge < -0.3 is 10.1 Å². The second-order valence-electron chi connectivity index (χ2n) is 6.18. The average molecular weight is 379 g/mol. The second kappa shape index (κ2) is 7.53. The summed E-state index contributed by atoms with van der Waals surface area (Å²) in [6, 6.07) is 9.69. The monoisotopic (exact) mass is 379 g/mol. The maximum Gasteiger partial charge on any atom is 0.297 e. The van der Waals surface area contributed by atoms with Crippen molar-refractivity contribution in [1.29, 1.82) is 0 Å². The van der Waals surface area contributed by atoms with Crippen molar-refractivity contribution in [2.75, 3.05) is 12.4 Å². The number of hydrogen-bond donors (Lipinski definition) is 2. The van der Waals surface area contributed by atoms with Crippen molar-refractivity contribution >= 4 is 38.3 Å². The first-order valence-electron chi connectivity index (χ1n) is 7.94. The molecule has 2 N–H and O–H groups in total. The van der Waals surface area contributed by atoms with Crippen molar-refractivity contribution < 1.29 is 27.3 Å². The Labute approximate surface area is 152 Å². The lowest BCUT2D eigenvalue weighted by Crippen LogP contribution is -2.36. The molecule has 140 valence electrons. The van der Waals surface area contributed by atoms with E-state index in [1.54, 1.807) is 37.3 Å². The van der Waals surface area contributed by atoms with Gasteiger partial charge in [0.2, 0.25) is 5.91 Å². The first-order valence-corrected chi connectivity index (χ1v) is 9.38. The fourth-order valence-electron chi connectivity index (χ4n) is 2.61. The molecule has 1 unspecified atom stereocenters. The molecule has 8 heteroatoms. The van der Waals surface area contributed by atoms with Gasteiger partial charge in [0.25, 0.3) is 10.1 Å². The molecule has 7 nitrogen and oxygen atoms in total. The Balaban J connectivity index is 2.31. The highest BCUT2D eigenvalue weighted by Gasteiger charge is 2.30. The van der Waals surface area contributed by atoms with E-state index in [0.717, 1.165) is 0 Å². The number of carbonyl (C=O) groups excluding carboxylic acids is 2. The lowest BCUT2D eigenvalue weighted by molar-refractivity contribution is -0.138. The minimum atomic E-state index is -4.56. The number of nitrogens with one attached hydrogen (secondary N) is 1. The zero-order chi connectivity index (χ0) is 19.5. The van der Waals surface area contributed by atoms with Gasteiger partial charge in [-0.2, -0.15) is 8.42 Å². The number of carbonyl (C=O) groups is 2. The van der Waals surface area contributed by atoms with E-state index in [1.807, 2.05) is 0 Å². The van der Waals surface area contributed by atoms with Crippen LogP contribution in [0.3, 0.4) is 0 Å². The fraction of sp³-hybridized carbons (Fsp3) is 0.333. The van der Waals surface area contributed by atoms with Crippen LogP contribution in [0.5, 0.6) is 0 Å². The van der Waals surface area contributed by atoms with E-state index >= 15 is 0 Å². The molecule has 26 heavy (non-hydrogen) atoms. The van der Waals surface area contributed by atoms with Gasteiger partial charge in [-0.15, -0.1) is 0 Å². The first kappa shape index (κ1) is 20.0. The van der Waals surface area contributed by atoms with Crippen LogP contribution in [0.2, 0.25) is 0 Å². The highest BCUT2D eigenvalue weighted by molar-refractivity contribution is 7.86. The van der Waals surface area contributed by atoms with E-state index in [9.17, 15) is 22.6 Å². The van der Waals surface area contributed by atoms with Crippen molar-refractivity contribution in [3.05, 3.63) is 36.4 Å². The van der Waals surface area contributed by atoms with Crippen LogP contribution in [0.1, 0.15) is 26.7 Å². The summed E-state index contributed by atoms with van der Waals surface area (Å²) < 4.78 is 38.5. The molecular formula is C18H21NO6S. The third kappa shape index (κ3) is 4.27. The number of fused-ring (bicyclic) bond motifs is 1. The zero-order valence-corrected chi connectivity index (χ0v) is 15.6. The third-order valence-corrected chi connectivity index (χ3v) is 5.39. The molecule has 0 aliphatic rings. The molecule has 0 heterocycles. The Hall–Kier alpha value is -2.29. The standard InChI is InChI=1S/C18H21NO6S/c1-12(20)18(2,25-3)11-10-16(21)19-15-9-8-13-6-4-5-7-14(13)17(15)26(22,23)24/h4-9H,10-11H2,1-3H3,(H,19,21)(H,22,23,24). The Morgan fingerprint density at radius 3 is 2.42 bits per heavy atom. The Kier molecular flexibility index (Phi) is 5.80. The van der Waals surface area contributed by atoms with Crippen LogP contribution in [-0.2, 0) is 24.4 Å². The highest BCUT2D eigenvalue weighted by atomic mass is 32.2. The summed E-state index contributed by atoms with van der Waals surface area (Å²) in [7, 11) is -3.17. The van der Waals surface area contributed by atoms with Crippen molar-refractivity contribution in [3.63, 3.8) is 0 Å². The number of methoxy groups -OCH3 is 1. The number of Topliss-reactive ketones (excluding diaryl/α,β-unsaturated/α-hetero) is 1. The minimum Gasteiger partial charge on any atom is -0.371 e. The molecule has 2 aromatic carbocycles. The Morgan fingerprint density at radius 1 is 1.19 bits per heavy atom. The van der Waals surface area contributed by atoms with Gasteiger partial charge in [0.1, 0.15) is 10.5 Å². The van der Waals surface area contributed by atoms with Gasteiger partial charge in [0.05, 0.1) is 5.69 Å². The quantitative estimate of drug-likeness (QED) is 0.716. The van der Waals surface area contributed by atoms with Gasteiger partial charge in [-0.1, -0.05) is 30.3 Å². The van der Waals surface area contributed by atoms with Gasteiger partial charge in [-0.3, -0.25) is 14.1 Å². The molecule has 2 aromatic rings. The highest BCUT2D eigenvalue weighted by Crippen LogP contribution is 2.30. The normalized spacial score (nSPS) is 14.0. The van der Waals surface area contributed by atoms with Crippen LogP contribution in [0.25, 0.3) is 10.8 Å². The predicted octanol–water partition coefficient (Wildman–Crippen LogP) is 2.80.